The summed E-state index contributed by atoms with van der Waals surface area (Å²) in [6.45, 7) is 7.47. The number of anilines is 1. The van der Waals surface area contributed by atoms with Gasteiger partial charge in [0, 0.05) is 24.8 Å². The van der Waals surface area contributed by atoms with Crippen molar-refractivity contribution < 1.29 is 14.4 Å². The van der Waals surface area contributed by atoms with Gasteiger partial charge in [-0.3, -0.25) is 9.55 Å². The lowest BCUT2D eigenvalue weighted by molar-refractivity contribution is 0.0838. The first-order valence-electron chi connectivity index (χ1n) is 10.9. The summed E-state index contributed by atoms with van der Waals surface area (Å²) in [4.78, 5) is 11.8. The lowest BCUT2D eigenvalue weighted by Crippen LogP contribution is -2.33. The topological polar surface area (TPSA) is 89.4 Å². The molecule has 8 nitrogen and oxygen atoms in total. The van der Waals surface area contributed by atoms with E-state index in [2.05, 4.69) is 19.6 Å². The lowest BCUT2D eigenvalue weighted by Gasteiger charge is -2.30. The van der Waals surface area contributed by atoms with Crippen LogP contribution < -0.4 is 9.64 Å². The zero-order chi connectivity index (χ0) is 22.0. The number of aryl methyl sites for hydroxylation is 2. The van der Waals surface area contributed by atoms with E-state index in [1.165, 1.54) is 0 Å². The summed E-state index contributed by atoms with van der Waals surface area (Å²) in [6, 6.07) is 9.87. The van der Waals surface area contributed by atoms with Crippen LogP contribution in [-0.4, -0.2) is 50.1 Å². The highest BCUT2D eigenvalue weighted by Gasteiger charge is 2.38. The summed E-state index contributed by atoms with van der Waals surface area (Å²) in [5.41, 5.74) is 4.73. The Morgan fingerprint density at radius 3 is 2.75 bits per heavy atom. The minimum atomic E-state index is -0.727. The Kier molecular flexibility index (Phi) is 4.10. The number of imidazole rings is 1. The van der Waals surface area contributed by atoms with Gasteiger partial charge in [0.25, 0.3) is 0 Å². The Balaban J connectivity index is 1.61. The van der Waals surface area contributed by atoms with Gasteiger partial charge >= 0.3 is 0 Å². The fourth-order valence-corrected chi connectivity index (χ4v) is 5.02. The monoisotopic (exact) mass is 431 g/mol. The average molecular weight is 431 g/mol. The minimum Gasteiger partial charge on any atom is -0.488 e. The molecule has 1 N–H and O–H groups in total. The smallest absolute Gasteiger partial charge is 0.207 e. The molecule has 1 saturated heterocycles. The van der Waals surface area contributed by atoms with Gasteiger partial charge < -0.3 is 19.3 Å². The van der Waals surface area contributed by atoms with Crippen LogP contribution in [0, 0.1) is 13.8 Å². The van der Waals surface area contributed by atoms with Crippen molar-refractivity contribution in [3.8, 4) is 16.9 Å². The quantitative estimate of drug-likeness (QED) is 0.530. The molecule has 0 radical (unpaired) electrons. The summed E-state index contributed by atoms with van der Waals surface area (Å²) in [5.74, 6) is 2.39. The van der Waals surface area contributed by atoms with Crippen LogP contribution in [0.25, 0.3) is 22.2 Å². The van der Waals surface area contributed by atoms with E-state index in [4.69, 9.17) is 14.2 Å². The maximum absolute atomic E-state index is 10.6. The number of hydrogen-bond donors (Lipinski definition) is 1. The Morgan fingerprint density at radius 1 is 1.19 bits per heavy atom. The van der Waals surface area contributed by atoms with E-state index in [1.54, 1.807) is 6.20 Å². The molecule has 1 fully saturated rings. The van der Waals surface area contributed by atoms with Crippen molar-refractivity contribution in [2.75, 3.05) is 24.6 Å². The van der Waals surface area contributed by atoms with Gasteiger partial charge in [0.1, 0.15) is 23.9 Å². The number of β-amino-alcohol motifs (C(OH)–C–C–N with tert-alkyl or cyclic N) is 1. The van der Waals surface area contributed by atoms with Crippen LogP contribution >= 0.6 is 0 Å². The van der Waals surface area contributed by atoms with E-state index in [-0.39, 0.29) is 6.04 Å². The van der Waals surface area contributed by atoms with Crippen LogP contribution in [0.3, 0.4) is 0 Å². The summed E-state index contributed by atoms with van der Waals surface area (Å²) in [7, 11) is 0. The number of pyridine rings is 1. The first kappa shape index (κ1) is 19.3. The molecular weight excluding hydrogens is 406 g/mol. The molecule has 5 heterocycles. The van der Waals surface area contributed by atoms with Crippen molar-refractivity contribution in [3.05, 3.63) is 53.7 Å². The van der Waals surface area contributed by atoms with Gasteiger partial charge in [0.2, 0.25) is 5.95 Å². The molecular formula is C24H25N5O3. The number of aromatic nitrogens is 4. The van der Waals surface area contributed by atoms with Crippen LogP contribution in [0.15, 0.2) is 41.1 Å². The molecule has 0 aliphatic carbocycles. The highest BCUT2D eigenvalue weighted by molar-refractivity contribution is 5.94. The molecule has 3 aromatic heterocycles. The second-order valence-corrected chi connectivity index (χ2v) is 9.04. The predicted octanol–water partition coefficient (Wildman–Crippen LogP) is 3.65. The van der Waals surface area contributed by atoms with Crippen molar-refractivity contribution in [2.24, 2.45) is 0 Å². The molecule has 4 aromatic rings. The first-order chi connectivity index (χ1) is 15.4. The third-order valence-corrected chi connectivity index (χ3v) is 6.55. The van der Waals surface area contributed by atoms with E-state index in [1.807, 2.05) is 51.1 Å². The standard InChI is InChI=1S/C24H25N5O3/c1-14-20(15(2)32-27-14)16-7-8-18-21-22(16)31-12-19(17-6-4-5-10-25-17)29(21)23(26-18)28-11-9-24(3,30)13-28/h4-8,10,19,30H,9,11-13H2,1-3H3. The zero-order valence-corrected chi connectivity index (χ0v) is 18.4. The summed E-state index contributed by atoms with van der Waals surface area (Å²) in [5, 5.41) is 14.7. The van der Waals surface area contributed by atoms with Crippen LogP contribution in [0.2, 0.25) is 0 Å². The van der Waals surface area contributed by atoms with Crippen molar-refractivity contribution in [2.45, 2.75) is 38.8 Å². The highest BCUT2D eigenvalue weighted by Crippen LogP contribution is 2.46. The van der Waals surface area contributed by atoms with Crippen molar-refractivity contribution in [1.29, 1.82) is 0 Å². The van der Waals surface area contributed by atoms with Gasteiger partial charge in [-0.15, -0.1) is 0 Å². The maximum atomic E-state index is 10.6. The molecule has 0 spiro atoms. The molecule has 2 aliphatic heterocycles. The molecule has 0 bridgehead atoms. The van der Waals surface area contributed by atoms with E-state index < -0.39 is 5.60 Å². The van der Waals surface area contributed by atoms with Gasteiger partial charge in [-0.2, -0.15) is 0 Å². The average Bonchev–Trinajstić information content (AvgIpc) is 3.45. The number of benzene rings is 1. The summed E-state index contributed by atoms with van der Waals surface area (Å²) >= 11 is 0. The number of ether oxygens (including phenoxy) is 1. The molecule has 1 aromatic carbocycles. The van der Waals surface area contributed by atoms with Crippen molar-refractivity contribution in [1.82, 2.24) is 19.7 Å². The second kappa shape index (κ2) is 6.80. The third-order valence-electron chi connectivity index (χ3n) is 6.55. The largest absolute Gasteiger partial charge is 0.488 e. The fraction of sp³-hybridized carbons (Fsp3) is 0.375. The second-order valence-electron chi connectivity index (χ2n) is 9.04. The van der Waals surface area contributed by atoms with Crippen LogP contribution in [-0.2, 0) is 0 Å². The molecule has 2 aliphatic rings. The van der Waals surface area contributed by atoms with Gasteiger partial charge in [0.15, 0.2) is 5.75 Å². The zero-order valence-electron chi connectivity index (χ0n) is 18.4. The molecule has 2 atom stereocenters. The summed E-state index contributed by atoms with van der Waals surface area (Å²) < 4.78 is 14.1. The lowest BCUT2D eigenvalue weighted by atomic mass is 10.0. The molecule has 0 saturated carbocycles. The van der Waals surface area contributed by atoms with Gasteiger partial charge in [-0.25, -0.2) is 4.98 Å². The number of nitrogens with zero attached hydrogens (tertiary/aromatic N) is 5. The molecule has 164 valence electrons. The Hall–Kier alpha value is -3.39. The SMILES string of the molecule is Cc1noc(C)c1-c1ccc2nc(N3CCC(C)(O)C3)n3c2c1OCC3c1ccccn1. The van der Waals surface area contributed by atoms with E-state index >= 15 is 0 Å². The van der Waals surface area contributed by atoms with E-state index in [0.29, 0.717) is 19.6 Å². The molecule has 32 heavy (non-hydrogen) atoms. The molecule has 0 amide bonds. The van der Waals surface area contributed by atoms with Gasteiger partial charge in [0.05, 0.1) is 28.1 Å². The number of hydrogen-bond acceptors (Lipinski definition) is 7. The Labute approximate surface area is 185 Å². The fourth-order valence-electron chi connectivity index (χ4n) is 5.02. The Bertz CT molecular complexity index is 1310. The van der Waals surface area contributed by atoms with Crippen LogP contribution in [0.4, 0.5) is 5.95 Å². The number of rotatable bonds is 3. The van der Waals surface area contributed by atoms with E-state index in [9.17, 15) is 5.11 Å². The molecule has 6 rings (SSSR count). The maximum Gasteiger partial charge on any atom is 0.207 e. The van der Waals surface area contributed by atoms with Gasteiger partial charge in [-0.05, 0) is 51.5 Å². The Morgan fingerprint density at radius 2 is 2.06 bits per heavy atom. The third kappa shape index (κ3) is 2.82. The van der Waals surface area contributed by atoms with Crippen LogP contribution in [0.5, 0.6) is 5.75 Å². The minimum absolute atomic E-state index is 0.117. The highest BCUT2D eigenvalue weighted by atomic mass is 16.5. The molecule has 2 unspecified atom stereocenters. The van der Waals surface area contributed by atoms with Gasteiger partial charge in [-0.1, -0.05) is 11.2 Å². The van der Waals surface area contributed by atoms with Crippen molar-refractivity contribution >= 4 is 17.0 Å². The molecule has 8 heteroatoms. The van der Waals surface area contributed by atoms with Crippen molar-refractivity contribution in [3.63, 3.8) is 0 Å². The first-order valence-corrected chi connectivity index (χ1v) is 10.9. The predicted molar refractivity (Wildman–Crippen MR) is 120 cm³/mol. The van der Waals surface area contributed by atoms with Crippen LogP contribution in [0.1, 0.15) is 36.5 Å². The normalized spacial score (nSPS) is 22.5. The number of aliphatic hydroxyl groups is 1. The van der Waals surface area contributed by atoms with E-state index in [0.717, 1.165) is 57.6 Å². The summed E-state index contributed by atoms with van der Waals surface area (Å²) in [6.07, 6.45) is 2.51.